The summed E-state index contributed by atoms with van der Waals surface area (Å²) in [5, 5.41) is 0. The normalized spacial score (nSPS) is 20.4. The van der Waals surface area contributed by atoms with Crippen LogP contribution in [-0.2, 0) is 6.42 Å². The maximum Gasteiger partial charge on any atom is 0.133 e. The Morgan fingerprint density at radius 3 is 3.00 bits per heavy atom. The molecule has 14 heavy (non-hydrogen) atoms. The number of benzene rings is 1. The zero-order valence-corrected chi connectivity index (χ0v) is 9.80. The Morgan fingerprint density at radius 2 is 2.29 bits per heavy atom. The van der Waals surface area contributed by atoms with Crippen LogP contribution in [0.25, 0.3) is 0 Å². The van der Waals surface area contributed by atoms with Crippen molar-refractivity contribution in [2.45, 2.75) is 25.3 Å². The van der Waals surface area contributed by atoms with Gasteiger partial charge in [0.15, 0.2) is 0 Å². The molecule has 0 radical (unpaired) electrons. The summed E-state index contributed by atoms with van der Waals surface area (Å²) in [5.74, 6) is 0.876. The molecular formula is C11H14BrNO. The first kappa shape index (κ1) is 9.99. The van der Waals surface area contributed by atoms with Crippen LogP contribution < -0.4 is 10.5 Å². The summed E-state index contributed by atoms with van der Waals surface area (Å²) < 4.78 is 6.29. The monoisotopic (exact) mass is 255 g/mol. The molecule has 0 amide bonds. The quantitative estimate of drug-likeness (QED) is 0.838. The summed E-state index contributed by atoms with van der Waals surface area (Å²) in [6, 6.07) is 4.28. The van der Waals surface area contributed by atoms with Crippen molar-refractivity contribution in [2.24, 2.45) is 5.73 Å². The zero-order valence-electron chi connectivity index (χ0n) is 8.22. The highest BCUT2D eigenvalue weighted by atomic mass is 79.9. The topological polar surface area (TPSA) is 35.2 Å². The van der Waals surface area contributed by atoms with Crippen molar-refractivity contribution < 1.29 is 4.74 Å². The van der Waals surface area contributed by atoms with E-state index in [0.717, 1.165) is 23.1 Å². The van der Waals surface area contributed by atoms with E-state index in [9.17, 15) is 0 Å². The lowest BCUT2D eigenvalue weighted by molar-refractivity contribution is 0.409. The summed E-state index contributed by atoms with van der Waals surface area (Å²) in [6.07, 6.45) is 3.39. The number of nitrogens with two attached hydrogens (primary N) is 1. The van der Waals surface area contributed by atoms with E-state index in [2.05, 4.69) is 22.0 Å². The fourth-order valence-corrected chi connectivity index (χ4v) is 2.89. The molecule has 0 aliphatic heterocycles. The smallest absolute Gasteiger partial charge is 0.133 e. The Bertz CT molecular complexity index is 351. The number of methoxy groups -OCH3 is 1. The van der Waals surface area contributed by atoms with Crippen LogP contribution in [0.2, 0.25) is 0 Å². The molecule has 0 fully saturated rings. The molecule has 1 aromatic rings. The number of fused-ring (bicyclic) bond motifs is 1. The van der Waals surface area contributed by atoms with Crippen molar-refractivity contribution in [1.82, 2.24) is 0 Å². The van der Waals surface area contributed by atoms with Gasteiger partial charge in [0.2, 0.25) is 0 Å². The van der Waals surface area contributed by atoms with E-state index in [1.807, 2.05) is 6.07 Å². The third-order valence-electron chi connectivity index (χ3n) is 2.79. The molecule has 0 bridgehead atoms. The SMILES string of the molecule is COc1ccc2c(c1Br)C(N)CCC2. The summed E-state index contributed by atoms with van der Waals surface area (Å²) in [6.45, 7) is 0. The van der Waals surface area contributed by atoms with Gasteiger partial charge < -0.3 is 10.5 Å². The average molecular weight is 256 g/mol. The summed E-state index contributed by atoms with van der Waals surface area (Å²) in [5.41, 5.74) is 8.68. The van der Waals surface area contributed by atoms with Crippen LogP contribution in [0.15, 0.2) is 16.6 Å². The van der Waals surface area contributed by atoms with Gasteiger partial charge in [0, 0.05) is 6.04 Å². The fraction of sp³-hybridized carbons (Fsp3) is 0.455. The second-order valence-corrected chi connectivity index (χ2v) is 4.45. The number of aryl methyl sites for hydroxylation is 1. The maximum absolute atomic E-state index is 6.09. The first-order valence-electron chi connectivity index (χ1n) is 4.85. The number of rotatable bonds is 1. The summed E-state index contributed by atoms with van der Waals surface area (Å²) in [7, 11) is 1.68. The summed E-state index contributed by atoms with van der Waals surface area (Å²) in [4.78, 5) is 0. The Morgan fingerprint density at radius 1 is 1.50 bits per heavy atom. The standard InChI is InChI=1S/C11H14BrNO/c1-14-9-6-5-7-3-2-4-8(13)10(7)11(9)12/h5-6,8H,2-4,13H2,1H3. The Hall–Kier alpha value is -0.540. The predicted octanol–water partition coefficient (Wildman–Crippen LogP) is 2.79. The van der Waals surface area contributed by atoms with Crippen LogP contribution in [0.1, 0.15) is 30.0 Å². The van der Waals surface area contributed by atoms with Crippen LogP contribution in [0.5, 0.6) is 5.75 Å². The van der Waals surface area contributed by atoms with E-state index < -0.39 is 0 Å². The lowest BCUT2D eigenvalue weighted by Crippen LogP contribution is -2.18. The molecule has 2 N–H and O–H groups in total. The van der Waals surface area contributed by atoms with Crippen molar-refractivity contribution in [1.29, 1.82) is 0 Å². The Kier molecular flexibility index (Phi) is 2.79. The van der Waals surface area contributed by atoms with Gasteiger partial charge in [0.05, 0.1) is 11.6 Å². The van der Waals surface area contributed by atoms with Crippen molar-refractivity contribution >= 4 is 15.9 Å². The lowest BCUT2D eigenvalue weighted by Gasteiger charge is -2.24. The highest BCUT2D eigenvalue weighted by Crippen LogP contribution is 2.38. The number of halogens is 1. The van der Waals surface area contributed by atoms with Crippen molar-refractivity contribution in [2.75, 3.05) is 7.11 Å². The van der Waals surface area contributed by atoms with Crippen molar-refractivity contribution in [3.63, 3.8) is 0 Å². The van der Waals surface area contributed by atoms with Gasteiger partial charge in [-0.3, -0.25) is 0 Å². The van der Waals surface area contributed by atoms with Crippen LogP contribution in [-0.4, -0.2) is 7.11 Å². The minimum Gasteiger partial charge on any atom is -0.496 e. The predicted molar refractivity (Wildman–Crippen MR) is 60.6 cm³/mol. The van der Waals surface area contributed by atoms with E-state index in [4.69, 9.17) is 10.5 Å². The van der Waals surface area contributed by atoms with Gasteiger partial charge in [-0.05, 0) is 52.4 Å². The minimum atomic E-state index is 0.156. The van der Waals surface area contributed by atoms with Crippen LogP contribution in [0.4, 0.5) is 0 Å². The van der Waals surface area contributed by atoms with E-state index in [1.165, 1.54) is 17.5 Å². The molecule has 1 aliphatic carbocycles. The number of hydrogen-bond acceptors (Lipinski definition) is 2. The van der Waals surface area contributed by atoms with Crippen molar-refractivity contribution in [3.8, 4) is 5.75 Å². The number of hydrogen-bond donors (Lipinski definition) is 1. The zero-order chi connectivity index (χ0) is 10.1. The molecule has 0 saturated heterocycles. The Balaban J connectivity index is 2.54. The second kappa shape index (κ2) is 3.91. The maximum atomic E-state index is 6.09. The number of ether oxygens (including phenoxy) is 1. The van der Waals surface area contributed by atoms with Crippen LogP contribution in [0, 0.1) is 0 Å². The van der Waals surface area contributed by atoms with Crippen molar-refractivity contribution in [3.05, 3.63) is 27.7 Å². The van der Waals surface area contributed by atoms with Gasteiger partial charge in [-0.25, -0.2) is 0 Å². The molecule has 0 saturated carbocycles. The molecular weight excluding hydrogens is 242 g/mol. The van der Waals surface area contributed by atoms with E-state index in [-0.39, 0.29) is 6.04 Å². The largest absolute Gasteiger partial charge is 0.496 e. The van der Waals surface area contributed by atoms with Gasteiger partial charge >= 0.3 is 0 Å². The third-order valence-corrected chi connectivity index (χ3v) is 3.60. The molecule has 0 aromatic heterocycles. The highest BCUT2D eigenvalue weighted by molar-refractivity contribution is 9.10. The molecule has 2 rings (SSSR count). The molecule has 1 atom stereocenters. The third kappa shape index (κ3) is 1.55. The first-order valence-corrected chi connectivity index (χ1v) is 5.64. The fourth-order valence-electron chi connectivity index (χ4n) is 2.05. The first-order chi connectivity index (χ1) is 6.74. The highest BCUT2D eigenvalue weighted by Gasteiger charge is 2.21. The van der Waals surface area contributed by atoms with Gasteiger partial charge in [0.25, 0.3) is 0 Å². The van der Waals surface area contributed by atoms with Crippen LogP contribution >= 0.6 is 15.9 Å². The molecule has 1 aromatic carbocycles. The minimum absolute atomic E-state index is 0.156. The van der Waals surface area contributed by atoms with E-state index in [1.54, 1.807) is 7.11 Å². The summed E-state index contributed by atoms with van der Waals surface area (Å²) >= 11 is 3.56. The average Bonchev–Trinajstić information content (AvgIpc) is 2.18. The molecule has 2 nitrogen and oxygen atoms in total. The van der Waals surface area contributed by atoms with Gasteiger partial charge in [-0.15, -0.1) is 0 Å². The van der Waals surface area contributed by atoms with E-state index in [0.29, 0.717) is 0 Å². The molecule has 76 valence electrons. The second-order valence-electron chi connectivity index (χ2n) is 3.65. The molecule has 1 unspecified atom stereocenters. The Labute approximate surface area is 92.6 Å². The molecule has 1 aliphatic rings. The molecule has 0 heterocycles. The molecule has 0 spiro atoms. The van der Waals surface area contributed by atoms with Gasteiger partial charge in [0.1, 0.15) is 5.75 Å². The van der Waals surface area contributed by atoms with Gasteiger partial charge in [-0.1, -0.05) is 6.07 Å². The lowest BCUT2D eigenvalue weighted by atomic mass is 9.88. The molecule has 3 heteroatoms. The van der Waals surface area contributed by atoms with Crippen LogP contribution in [0.3, 0.4) is 0 Å². The van der Waals surface area contributed by atoms with E-state index >= 15 is 0 Å². The van der Waals surface area contributed by atoms with Gasteiger partial charge in [-0.2, -0.15) is 0 Å².